The van der Waals surface area contributed by atoms with Crippen LogP contribution in [0.3, 0.4) is 0 Å². The van der Waals surface area contributed by atoms with Gasteiger partial charge >= 0.3 is 5.97 Å². The maximum Gasteiger partial charge on any atom is 0.311 e. The van der Waals surface area contributed by atoms with Crippen molar-refractivity contribution in [3.05, 3.63) is 58.4 Å². The third kappa shape index (κ3) is 4.79. The van der Waals surface area contributed by atoms with E-state index in [1.165, 1.54) is 12.1 Å². The van der Waals surface area contributed by atoms with Crippen molar-refractivity contribution in [2.45, 2.75) is 43.9 Å². The van der Waals surface area contributed by atoms with Gasteiger partial charge in [-0.15, -0.1) is 0 Å². The van der Waals surface area contributed by atoms with E-state index in [0.717, 1.165) is 11.1 Å². The van der Waals surface area contributed by atoms with Gasteiger partial charge in [-0.25, -0.2) is 4.39 Å². The van der Waals surface area contributed by atoms with Gasteiger partial charge in [-0.1, -0.05) is 17.7 Å². The molecule has 1 aliphatic carbocycles. The molecule has 8 heteroatoms. The highest BCUT2D eigenvalue weighted by atomic mass is 35.5. The molecule has 4 atom stereocenters. The number of ether oxygens (including phenoxy) is 2. The zero-order valence-corrected chi connectivity index (χ0v) is 18.0. The Morgan fingerprint density at radius 2 is 2.10 bits per heavy atom. The summed E-state index contributed by atoms with van der Waals surface area (Å²) in [6.45, 7) is 4.31. The topological polar surface area (TPSA) is 88.0 Å². The molecule has 0 spiro atoms. The van der Waals surface area contributed by atoms with Gasteiger partial charge in [-0.2, -0.15) is 0 Å². The van der Waals surface area contributed by atoms with Crippen LogP contribution in [0.15, 0.2) is 36.4 Å². The predicted molar refractivity (Wildman–Crippen MR) is 113 cm³/mol. The second-order valence-electron chi connectivity index (χ2n) is 8.83. The number of β-amino-alcohol motifs (C(OH)–C–C–N with tert-alkyl or cyclic N) is 1. The van der Waals surface area contributed by atoms with Gasteiger partial charge in [-0.05, 0) is 56.2 Å². The van der Waals surface area contributed by atoms with E-state index in [0.29, 0.717) is 24.5 Å². The van der Waals surface area contributed by atoms with E-state index < -0.39 is 23.8 Å². The van der Waals surface area contributed by atoms with Crippen LogP contribution in [-0.4, -0.2) is 47.1 Å². The molecule has 0 radical (unpaired) electrons. The van der Waals surface area contributed by atoms with Crippen molar-refractivity contribution >= 4 is 17.6 Å². The molecule has 2 aromatic carbocycles. The van der Waals surface area contributed by atoms with Crippen LogP contribution in [0, 0.1) is 11.7 Å². The zero-order chi connectivity index (χ0) is 22.3. The number of hydrogen-bond donors (Lipinski definition) is 3. The van der Waals surface area contributed by atoms with E-state index in [2.05, 4.69) is 5.32 Å². The molecule has 2 aromatic rings. The van der Waals surface area contributed by atoms with E-state index in [1.54, 1.807) is 24.3 Å². The number of fused-ring (bicyclic) bond motifs is 3. The molecule has 1 aliphatic heterocycles. The van der Waals surface area contributed by atoms with Gasteiger partial charge in [0, 0.05) is 23.6 Å². The van der Waals surface area contributed by atoms with Crippen molar-refractivity contribution in [2.24, 2.45) is 5.92 Å². The molecule has 3 unspecified atom stereocenters. The number of aliphatic carboxylic acids is 1. The molecular weight excluding hydrogens is 425 g/mol. The van der Waals surface area contributed by atoms with Gasteiger partial charge < -0.3 is 25.0 Å². The quantitative estimate of drug-likeness (QED) is 0.544. The fourth-order valence-electron chi connectivity index (χ4n) is 4.09. The molecule has 6 nitrogen and oxygen atoms in total. The highest BCUT2D eigenvalue weighted by molar-refractivity contribution is 6.30. The number of carboxylic acids is 1. The minimum absolute atomic E-state index is 0.0781. The molecule has 166 valence electrons. The average Bonchev–Trinajstić information content (AvgIpc) is 3.31. The van der Waals surface area contributed by atoms with Gasteiger partial charge in [0.2, 0.25) is 0 Å². The summed E-state index contributed by atoms with van der Waals surface area (Å²) in [5.74, 6) is -0.653. The minimum atomic E-state index is -0.850. The van der Waals surface area contributed by atoms with E-state index in [9.17, 15) is 19.4 Å². The molecule has 0 aromatic heterocycles. The maximum atomic E-state index is 13.7. The summed E-state index contributed by atoms with van der Waals surface area (Å²) >= 11 is 5.73. The van der Waals surface area contributed by atoms with Crippen LogP contribution in [0.4, 0.5) is 4.39 Å². The van der Waals surface area contributed by atoms with Gasteiger partial charge in [0.15, 0.2) is 0 Å². The standard InChI is InChI=1S/C23H25ClFNO5/c1-23(2,9-12-3-5-16(24)17(25)7-12)26-10-13(27)11-30-14-4-6-18-15(8-14)19-20(22(28)29)21(19)31-18/h3-8,13,19-21,26-27H,9-11H2,1-2H3,(H,28,29)/t13-,19?,20?,21?/m1/s1. The molecule has 0 saturated heterocycles. The first-order valence-corrected chi connectivity index (χ1v) is 10.6. The lowest BCUT2D eigenvalue weighted by molar-refractivity contribution is -0.139. The summed E-state index contributed by atoms with van der Waals surface area (Å²) < 4.78 is 25.0. The summed E-state index contributed by atoms with van der Waals surface area (Å²) in [7, 11) is 0. The number of halogens is 2. The normalized spacial score (nSPS) is 22.3. The fourth-order valence-corrected chi connectivity index (χ4v) is 4.21. The molecule has 0 bridgehead atoms. The van der Waals surface area contributed by atoms with Crippen LogP contribution in [0.2, 0.25) is 5.02 Å². The van der Waals surface area contributed by atoms with E-state index in [1.807, 2.05) is 13.8 Å². The Labute approximate surface area is 184 Å². The largest absolute Gasteiger partial charge is 0.491 e. The molecule has 0 amide bonds. The van der Waals surface area contributed by atoms with E-state index in [-0.39, 0.29) is 29.2 Å². The summed E-state index contributed by atoms with van der Waals surface area (Å²) in [6.07, 6.45) is -0.479. The fraction of sp³-hybridized carbons (Fsp3) is 0.435. The number of hydrogen-bond acceptors (Lipinski definition) is 5. The molecule has 4 rings (SSSR count). The summed E-state index contributed by atoms with van der Waals surface area (Å²) in [5, 5.41) is 22.9. The van der Waals surface area contributed by atoms with Gasteiger partial charge in [0.25, 0.3) is 0 Å². The number of benzene rings is 2. The third-order valence-electron chi connectivity index (χ3n) is 5.73. The van der Waals surface area contributed by atoms with Crippen LogP contribution < -0.4 is 14.8 Å². The van der Waals surface area contributed by atoms with Crippen molar-refractivity contribution in [1.29, 1.82) is 0 Å². The number of aliphatic hydroxyl groups is 1. The third-order valence-corrected chi connectivity index (χ3v) is 6.04. The Hall–Kier alpha value is -2.35. The summed E-state index contributed by atoms with van der Waals surface area (Å²) in [5.41, 5.74) is 1.28. The number of carboxylic acid groups (broad SMARTS) is 1. The lowest BCUT2D eigenvalue weighted by atomic mass is 9.94. The maximum absolute atomic E-state index is 13.7. The van der Waals surface area contributed by atoms with Crippen LogP contribution >= 0.6 is 11.6 Å². The number of nitrogens with one attached hydrogen (secondary N) is 1. The lowest BCUT2D eigenvalue weighted by Crippen LogP contribution is -2.46. The molecule has 2 aliphatic rings. The molecule has 1 saturated carbocycles. The summed E-state index contributed by atoms with van der Waals surface area (Å²) in [4.78, 5) is 11.2. The molecule has 1 heterocycles. The molecule has 3 N–H and O–H groups in total. The first kappa shape index (κ1) is 21.9. The Balaban J connectivity index is 1.26. The number of rotatable bonds is 9. The van der Waals surface area contributed by atoms with Crippen molar-refractivity contribution in [3.8, 4) is 11.5 Å². The summed E-state index contributed by atoms with van der Waals surface area (Å²) in [6, 6.07) is 10.1. The van der Waals surface area contributed by atoms with Crippen molar-refractivity contribution in [2.75, 3.05) is 13.2 Å². The minimum Gasteiger partial charge on any atom is -0.491 e. The van der Waals surface area contributed by atoms with Crippen LogP contribution in [0.1, 0.15) is 30.9 Å². The Kier molecular flexibility index (Phi) is 5.85. The van der Waals surface area contributed by atoms with Crippen molar-refractivity contribution < 1.29 is 28.9 Å². The molecule has 31 heavy (non-hydrogen) atoms. The molecular formula is C23H25ClFNO5. The second-order valence-corrected chi connectivity index (χ2v) is 9.23. The Morgan fingerprint density at radius 1 is 1.32 bits per heavy atom. The second kappa shape index (κ2) is 8.30. The highest BCUT2D eigenvalue weighted by Crippen LogP contribution is 2.58. The monoisotopic (exact) mass is 449 g/mol. The van der Waals surface area contributed by atoms with E-state index in [4.69, 9.17) is 21.1 Å². The zero-order valence-electron chi connectivity index (χ0n) is 17.3. The van der Waals surface area contributed by atoms with Crippen molar-refractivity contribution in [3.63, 3.8) is 0 Å². The van der Waals surface area contributed by atoms with Crippen LogP contribution in [0.25, 0.3) is 0 Å². The van der Waals surface area contributed by atoms with Gasteiger partial charge in [-0.3, -0.25) is 4.79 Å². The average molecular weight is 450 g/mol. The van der Waals surface area contributed by atoms with E-state index >= 15 is 0 Å². The Morgan fingerprint density at radius 3 is 2.81 bits per heavy atom. The first-order chi connectivity index (χ1) is 14.6. The highest BCUT2D eigenvalue weighted by Gasteiger charge is 2.63. The smallest absolute Gasteiger partial charge is 0.311 e. The number of carbonyl (C=O) groups is 1. The van der Waals surface area contributed by atoms with Gasteiger partial charge in [0.1, 0.15) is 42.0 Å². The SMILES string of the molecule is CC(C)(Cc1ccc(Cl)c(F)c1)NC[C@@H](O)COc1ccc2c(c1)C1C(O2)C1C(=O)O. The van der Waals surface area contributed by atoms with Crippen molar-refractivity contribution in [1.82, 2.24) is 5.32 Å². The number of aliphatic hydroxyl groups excluding tert-OH is 1. The Bertz CT molecular complexity index is 998. The molecule has 1 fully saturated rings. The van der Waals surface area contributed by atoms with Crippen LogP contribution in [-0.2, 0) is 11.2 Å². The van der Waals surface area contributed by atoms with Gasteiger partial charge in [0.05, 0.1) is 5.02 Å². The lowest BCUT2D eigenvalue weighted by Gasteiger charge is -2.28. The first-order valence-electron chi connectivity index (χ1n) is 10.2. The van der Waals surface area contributed by atoms with Crippen LogP contribution in [0.5, 0.6) is 11.5 Å². The predicted octanol–water partition coefficient (Wildman–Crippen LogP) is 3.39.